The largest absolute Gasteiger partial charge is 0.326 e. The number of hydrogen-bond donors (Lipinski definition) is 1. The van der Waals surface area contributed by atoms with Crippen LogP contribution < -0.4 is 5.73 Å². The van der Waals surface area contributed by atoms with Crippen molar-refractivity contribution in [2.45, 2.75) is 31.4 Å². The maximum atomic E-state index is 5.82. The molecule has 0 unspecified atom stereocenters. The fourth-order valence-electron chi connectivity index (χ4n) is 1.66. The van der Waals surface area contributed by atoms with Gasteiger partial charge in [0, 0.05) is 22.7 Å². The molecule has 4 heteroatoms. The SMILES string of the molecule is CC(C)SCc1nc(-c2ccccc2)c(CN)s1. The van der Waals surface area contributed by atoms with E-state index in [1.165, 1.54) is 9.88 Å². The van der Waals surface area contributed by atoms with Crippen LogP contribution in [0, 0.1) is 0 Å². The Labute approximate surface area is 117 Å². The minimum atomic E-state index is 0.564. The van der Waals surface area contributed by atoms with E-state index in [2.05, 4.69) is 26.0 Å². The Kier molecular flexibility index (Phi) is 4.80. The molecule has 0 radical (unpaired) electrons. The lowest BCUT2D eigenvalue weighted by molar-refractivity contribution is 1.09. The van der Waals surface area contributed by atoms with Crippen LogP contribution in [-0.2, 0) is 12.3 Å². The average molecular weight is 278 g/mol. The van der Waals surface area contributed by atoms with Gasteiger partial charge in [0.15, 0.2) is 0 Å². The predicted molar refractivity (Wildman–Crippen MR) is 81.9 cm³/mol. The van der Waals surface area contributed by atoms with Gasteiger partial charge in [-0.3, -0.25) is 0 Å². The Hall–Kier alpha value is -0.840. The summed E-state index contributed by atoms with van der Waals surface area (Å²) in [6, 6.07) is 10.3. The second-order valence-electron chi connectivity index (χ2n) is 4.31. The molecule has 1 aromatic heterocycles. The summed E-state index contributed by atoms with van der Waals surface area (Å²) in [7, 11) is 0. The van der Waals surface area contributed by atoms with Crippen LogP contribution in [0.5, 0.6) is 0 Å². The first-order chi connectivity index (χ1) is 8.70. The lowest BCUT2D eigenvalue weighted by Crippen LogP contribution is -1.95. The highest BCUT2D eigenvalue weighted by Crippen LogP contribution is 2.30. The summed E-state index contributed by atoms with van der Waals surface area (Å²) in [6.45, 7) is 4.98. The van der Waals surface area contributed by atoms with Crippen molar-refractivity contribution in [2.24, 2.45) is 5.73 Å². The van der Waals surface area contributed by atoms with Crippen molar-refractivity contribution in [3.05, 3.63) is 40.2 Å². The number of nitrogens with zero attached hydrogens (tertiary/aromatic N) is 1. The molecule has 0 spiro atoms. The molecule has 0 amide bonds. The van der Waals surface area contributed by atoms with Crippen molar-refractivity contribution in [1.82, 2.24) is 4.98 Å². The molecule has 0 saturated heterocycles. The fourth-order valence-corrected chi connectivity index (χ4v) is 3.41. The van der Waals surface area contributed by atoms with Gasteiger partial charge in [0.2, 0.25) is 0 Å². The number of nitrogens with two attached hydrogens (primary N) is 1. The van der Waals surface area contributed by atoms with Crippen molar-refractivity contribution in [3.8, 4) is 11.3 Å². The number of thioether (sulfide) groups is 1. The maximum absolute atomic E-state index is 5.82. The first-order valence-electron chi connectivity index (χ1n) is 6.06. The minimum Gasteiger partial charge on any atom is -0.326 e. The predicted octanol–water partition coefficient (Wildman–Crippen LogP) is 3.91. The van der Waals surface area contributed by atoms with E-state index < -0.39 is 0 Å². The van der Waals surface area contributed by atoms with Gasteiger partial charge >= 0.3 is 0 Å². The highest BCUT2D eigenvalue weighted by atomic mass is 32.2. The van der Waals surface area contributed by atoms with E-state index in [0.717, 1.165) is 17.0 Å². The third kappa shape index (κ3) is 3.34. The van der Waals surface area contributed by atoms with Gasteiger partial charge in [-0.25, -0.2) is 4.98 Å². The molecule has 96 valence electrons. The van der Waals surface area contributed by atoms with E-state index >= 15 is 0 Å². The van der Waals surface area contributed by atoms with Gasteiger partial charge in [0.05, 0.1) is 5.69 Å². The maximum Gasteiger partial charge on any atom is 0.103 e. The van der Waals surface area contributed by atoms with Crippen LogP contribution in [0.4, 0.5) is 0 Å². The summed E-state index contributed by atoms with van der Waals surface area (Å²) >= 11 is 3.66. The molecule has 0 saturated carbocycles. The molecule has 2 rings (SSSR count). The average Bonchev–Trinajstić information content (AvgIpc) is 2.80. The number of thiazole rings is 1. The molecule has 2 aromatic rings. The van der Waals surface area contributed by atoms with Crippen LogP contribution in [0.2, 0.25) is 0 Å². The van der Waals surface area contributed by atoms with Gasteiger partial charge in [-0.15, -0.1) is 11.3 Å². The highest BCUT2D eigenvalue weighted by Gasteiger charge is 2.12. The Bertz CT molecular complexity index is 492. The molecular formula is C14H18N2S2. The second kappa shape index (κ2) is 6.36. The van der Waals surface area contributed by atoms with E-state index in [0.29, 0.717) is 11.8 Å². The Morgan fingerprint density at radius 1 is 1.28 bits per heavy atom. The summed E-state index contributed by atoms with van der Waals surface area (Å²) in [6.07, 6.45) is 0. The van der Waals surface area contributed by atoms with Crippen LogP contribution in [-0.4, -0.2) is 10.2 Å². The minimum absolute atomic E-state index is 0.564. The molecule has 0 aliphatic heterocycles. The summed E-state index contributed by atoms with van der Waals surface area (Å²) < 4.78 is 0. The zero-order valence-corrected chi connectivity index (χ0v) is 12.4. The molecule has 18 heavy (non-hydrogen) atoms. The van der Waals surface area contributed by atoms with Crippen molar-refractivity contribution in [3.63, 3.8) is 0 Å². The van der Waals surface area contributed by atoms with E-state index in [4.69, 9.17) is 10.7 Å². The van der Waals surface area contributed by atoms with Crippen molar-refractivity contribution in [2.75, 3.05) is 0 Å². The number of hydrogen-bond acceptors (Lipinski definition) is 4. The smallest absolute Gasteiger partial charge is 0.103 e. The third-order valence-electron chi connectivity index (χ3n) is 2.51. The third-order valence-corrected chi connectivity index (χ3v) is 4.88. The van der Waals surface area contributed by atoms with Crippen LogP contribution in [0.25, 0.3) is 11.3 Å². The number of benzene rings is 1. The molecule has 0 atom stereocenters. The van der Waals surface area contributed by atoms with Gasteiger partial charge in [-0.2, -0.15) is 11.8 Å². The van der Waals surface area contributed by atoms with E-state index in [-0.39, 0.29) is 0 Å². The van der Waals surface area contributed by atoms with E-state index in [1.807, 2.05) is 30.0 Å². The molecule has 2 nitrogen and oxygen atoms in total. The first kappa shape index (κ1) is 13.6. The van der Waals surface area contributed by atoms with Crippen LogP contribution in [0.3, 0.4) is 0 Å². The van der Waals surface area contributed by atoms with Gasteiger partial charge < -0.3 is 5.73 Å². The first-order valence-corrected chi connectivity index (χ1v) is 7.93. The van der Waals surface area contributed by atoms with Gasteiger partial charge in [-0.1, -0.05) is 44.2 Å². The monoisotopic (exact) mass is 278 g/mol. The standard InChI is InChI=1S/C14H18N2S2/c1-10(2)17-9-13-16-14(12(8-15)18-13)11-6-4-3-5-7-11/h3-7,10H,8-9,15H2,1-2H3. The van der Waals surface area contributed by atoms with Gasteiger partial charge in [0.1, 0.15) is 5.01 Å². The molecular weight excluding hydrogens is 260 g/mol. The van der Waals surface area contributed by atoms with Crippen LogP contribution in [0.15, 0.2) is 30.3 Å². The van der Waals surface area contributed by atoms with E-state index in [1.54, 1.807) is 11.3 Å². The summed E-state index contributed by atoms with van der Waals surface area (Å²) in [5.41, 5.74) is 8.04. The zero-order valence-electron chi connectivity index (χ0n) is 10.7. The van der Waals surface area contributed by atoms with E-state index in [9.17, 15) is 0 Å². The van der Waals surface area contributed by atoms with Crippen LogP contribution >= 0.6 is 23.1 Å². The second-order valence-corrected chi connectivity index (χ2v) is 7.04. The molecule has 2 N–H and O–H groups in total. The zero-order chi connectivity index (χ0) is 13.0. The van der Waals surface area contributed by atoms with Crippen molar-refractivity contribution >= 4 is 23.1 Å². The molecule has 0 bridgehead atoms. The van der Waals surface area contributed by atoms with Crippen molar-refractivity contribution < 1.29 is 0 Å². The quantitative estimate of drug-likeness (QED) is 0.901. The Morgan fingerprint density at radius 3 is 2.61 bits per heavy atom. The normalized spacial score (nSPS) is 11.1. The lowest BCUT2D eigenvalue weighted by atomic mass is 10.1. The number of aromatic nitrogens is 1. The van der Waals surface area contributed by atoms with Gasteiger partial charge in [0.25, 0.3) is 0 Å². The summed E-state index contributed by atoms with van der Waals surface area (Å²) in [4.78, 5) is 5.92. The van der Waals surface area contributed by atoms with Crippen molar-refractivity contribution in [1.29, 1.82) is 0 Å². The summed E-state index contributed by atoms with van der Waals surface area (Å²) in [5.74, 6) is 0.974. The topological polar surface area (TPSA) is 38.9 Å². The van der Waals surface area contributed by atoms with Gasteiger partial charge in [-0.05, 0) is 5.25 Å². The molecule has 1 aromatic carbocycles. The molecule has 0 aliphatic carbocycles. The highest BCUT2D eigenvalue weighted by molar-refractivity contribution is 7.99. The Morgan fingerprint density at radius 2 is 2.00 bits per heavy atom. The molecule has 0 aliphatic rings. The Balaban J connectivity index is 2.25. The van der Waals surface area contributed by atoms with Crippen LogP contribution in [0.1, 0.15) is 23.7 Å². The lowest BCUT2D eigenvalue weighted by Gasteiger charge is -2.00. The molecule has 1 heterocycles. The summed E-state index contributed by atoms with van der Waals surface area (Å²) in [5, 5.41) is 1.81. The number of rotatable bonds is 5. The fraction of sp³-hybridized carbons (Fsp3) is 0.357. The molecule has 0 fully saturated rings.